The van der Waals surface area contributed by atoms with Crippen molar-refractivity contribution in [3.63, 3.8) is 0 Å². The number of rotatable bonds is 6. The quantitative estimate of drug-likeness (QED) is 0.557. The van der Waals surface area contributed by atoms with Crippen LogP contribution in [0.1, 0.15) is 12.8 Å². The smallest absolute Gasteiger partial charge is 0.235 e. The van der Waals surface area contributed by atoms with Crippen molar-refractivity contribution in [3.05, 3.63) is 84.2 Å². The van der Waals surface area contributed by atoms with Gasteiger partial charge in [-0.15, -0.1) is 0 Å². The van der Waals surface area contributed by atoms with Crippen molar-refractivity contribution in [2.75, 3.05) is 4.72 Å². The number of sulfonamides is 1. The fourth-order valence-electron chi connectivity index (χ4n) is 2.88. The molecule has 0 radical (unpaired) electrons. The molecule has 0 aromatic heterocycles. The first-order chi connectivity index (χ1) is 13.5. The lowest BCUT2D eigenvalue weighted by molar-refractivity contribution is 0.483. The lowest BCUT2D eigenvalue weighted by atomic mass is 10.0. The largest absolute Gasteiger partial charge is 0.457 e. The van der Waals surface area contributed by atoms with Crippen LogP contribution in [0.25, 0.3) is 16.0 Å². The summed E-state index contributed by atoms with van der Waals surface area (Å²) in [7, 11) is -3.35. The predicted molar refractivity (Wildman–Crippen MR) is 110 cm³/mol. The van der Waals surface area contributed by atoms with Crippen molar-refractivity contribution in [2.45, 2.75) is 18.1 Å². The molecule has 1 aliphatic carbocycles. The van der Waals surface area contributed by atoms with Crippen LogP contribution in [0.4, 0.5) is 11.4 Å². The Balaban J connectivity index is 1.56. The van der Waals surface area contributed by atoms with Gasteiger partial charge in [0.25, 0.3) is 0 Å². The highest BCUT2D eigenvalue weighted by molar-refractivity contribution is 7.93. The maximum Gasteiger partial charge on any atom is 0.235 e. The molecule has 1 N–H and O–H groups in total. The number of hydrogen-bond acceptors (Lipinski definition) is 3. The number of anilines is 1. The monoisotopic (exact) mass is 390 g/mol. The second-order valence-electron chi connectivity index (χ2n) is 6.63. The van der Waals surface area contributed by atoms with Crippen LogP contribution >= 0.6 is 0 Å². The van der Waals surface area contributed by atoms with Crippen LogP contribution < -0.4 is 9.46 Å². The van der Waals surface area contributed by atoms with E-state index >= 15 is 0 Å². The van der Waals surface area contributed by atoms with Gasteiger partial charge < -0.3 is 4.74 Å². The normalized spacial score (nSPS) is 13.5. The Morgan fingerprint density at radius 2 is 1.61 bits per heavy atom. The second-order valence-corrected chi connectivity index (χ2v) is 8.59. The van der Waals surface area contributed by atoms with E-state index in [2.05, 4.69) is 9.57 Å². The minimum Gasteiger partial charge on any atom is -0.457 e. The Hall–Kier alpha value is -3.30. The van der Waals surface area contributed by atoms with E-state index in [0.717, 1.165) is 16.9 Å². The fraction of sp³-hybridized carbons (Fsp3) is 0.136. The Kier molecular flexibility index (Phi) is 4.76. The van der Waals surface area contributed by atoms with E-state index in [0.29, 0.717) is 30.0 Å². The van der Waals surface area contributed by atoms with Gasteiger partial charge in [-0.25, -0.2) is 13.3 Å². The minimum absolute atomic E-state index is 0.305. The summed E-state index contributed by atoms with van der Waals surface area (Å²) in [6.45, 7) is 7.47. The lowest BCUT2D eigenvalue weighted by Crippen LogP contribution is -2.17. The van der Waals surface area contributed by atoms with Gasteiger partial charge in [-0.1, -0.05) is 36.4 Å². The average Bonchev–Trinajstić information content (AvgIpc) is 3.55. The van der Waals surface area contributed by atoms with Crippen molar-refractivity contribution in [1.82, 2.24) is 0 Å². The van der Waals surface area contributed by atoms with Crippen LogP contribution in [0, 0.1) is 6.57 Å². The SMILES string of the molecule is [C-]#[N+]c1cc(NS(=O)(=O)C2CC2)ccc1-c1ccc(Oc2ccccc2)cc1. The van der Waals surface area contributed by atoms with Gasteiger partial charge in [0.2, 0.25) is 10.0 Å². The van der Waals surface area contributed by atoms with Crippen LogP contribution in [0.3, 0.4) is 0 Å². The third kappa shape index (κ3) is 4.00. The maximum absolute atomic E-state index is 12.1. The molecule has 0 unspecified atom stereocenters. The third-order valence-electron chi connectivity index (χ3n) is 4.49. The number of nitrogens with zero attached hydrogens (tertiary/aromatic N) is 1. The lowest BCUT2D eigenvalue weighted by Gasteiger charge is -2.11. The molecule has 1 fully saturated rings. The molecule has 1 saturated carbocycles. The van der Waals surface area contributed by atoms with E-state index in [-0.39, 0.29) is 5.25 Å². The highest BCUT2D eigenvalue weighted by atomic mass is 32.2. The van der Waals surface area contributed by atoms with Gasteiger partial charge >= 0.3 is 0 Å². The number of hydrogen-bond donors (Lipinski definition) is 1. The van der Waals surface area contributed by atoms with Gasteiger partial charge in [0, 0.05) is 5.69 Å². The molecule has 0 spiro atoms. The molecule has 6 heteroatoms. The zero-order valence-electron chi connectivity index (χ0n) is 15.0. The predicted octanol–water partition coefficient (Wildman–Crippen LogP) is 5.60. The molecule has 0 aliphatic heterocycles. The van der Waals surface area contributed by atoms with Crippen molar-refractivity contribution >= 4 is 21.4 Å². The summed E-state index contributed by atoms with van der Waals surface area (Å²) in [5, 5.41) is -0.305. The van der Waals surface area contributed by atoms with E-state index in [1.54, 1.807) is 18.2 Å². The molecule has 0 saturated heterocycles. The molecule has 28 heavy (non-hydrogen) atoms. The molecular formula is C22H18N2O3S. The van der Waals surface area contributed by atoms with Crippen molar-refractivity contribution < 1.29 is 13.2 Å². The average molecular weight is 390 g/mol. The molecule has 140 valence electrons. The molecule has 0 heterocycles. The zero-order valence-corrected chi connectivity index (χ0v) is 15.8. The Morgan fingerprint density at radius 1 is 0.929 bits per heavy atom. The summed E-state index contributed by atoms with van der Waals surface area (Å²) < 4.78 is 32.6. The minimum atomic E-state index is -3.35. The van der Waals surface area contributed by atoms with Crippen molar-refractivity contribution in [2.24, 2.45) is 0 Å². The number of benzene rings is 3. The molecule has 4 rings (SSSR count). The summed E-state index contributed by atoms with van der Waals surface area (Å²) in [6.07, 6.45) is 1.39. The first-order valence-electron chi connectivity index (χ1n) is 8.92. The first-order valence-corrected chi connectivity index (χ1v) is 10.5. The summed E-state index contributed by atoms with van der Waals surface area (Å²) in [5.41, 5.74) is 2.43. The Bertz CT molecular complexity index is 1130. The summed E-state index contributed by atoms with van der Waals surface area (Å²) in [5.74, 6) is 1.46. The number of para-hydroxylation sites is 1. The molecule has 5 nitrogen and oxygen atoms in total. The zero-order chi connectivity index (χ0) is 19.6. The second kappa shape index (κ2) is 7.37. The van der Waals surface area contributed by atoms with E-state index in [1.807, 2.05) is 54.6 Å². The van der Waals surface area contributed by atoms with E-state index in [9.17, 15) is 8.42 Å². The first kappa shape index (κ1) is 18.1. The van der Waals surface area contributed by atoms with Crippen LogP contribution in [-0.2, 0) is 10.0 Å². The van der Waals surface area contributed by atoms with Gasteiger partial charge in [0.1, 0.15) is 11.5 Å². The Morgan fingerprint density at radius 3 is 2.25 bits per heavy atom. The molecule has 3 aromatic carbocycles. The highest BCUT2D eigenvalue weighted by Crippen LogP contribution is 2.36. The van der Waals surface area contributed by atoms with Gasteiger partial charge in [-0.05, 0) is 60.4 Å². The highest BCUT2D eigenvalue weighted by Gasteiger charge is 2.35. The van der Waals surface area contributed by atoms with E-state index in [1.165, 1.54) is 0 Å². The molecule has 1 aliphatic rings. The Labute approximate surface area is 164 Å². The third-order valence-corrected chi connectivity index (χ3v) is 6.36. The summed E-state index contributed by atoms with van der Waals surface area (Å²) >= 11 is 0. The summed E-state index contributed by atoms with van der Waals surface area (Å²) in [6, 6.07) is 22.0. The van der Waals surface area contributed by atoms with Gasteiger partial charge in [-0.2, -0.15) is 0 Å². The van der Waals surface area contributed by atoms with E-state index in [4.69, 9.17) is 11.3 Å². The van der Waals surface area contributed by atoms with Gasteiger partial charge in [0.05, 0.1) is 11.8 Å². The standard InChI is InChI=1S/C22H18N2O3S/c1-23-22-15-17(24-28(25,26)20-12-13-20)9-14-21(22)16-7-10-19(11-8-16)27-18-5-3-2-4-6-18/h2-11,14-15,20,24H,12-13H2. The maximum atomic E-state index is 12.1. The van der Waals surface area contributed by atoms with Crippen LogP contribution in [0.15, 0.2) is 72.8 Å². The molecule has 0 amide bonds. The number of nitrogens with one attached hydrogen (secondary N) is 1. The van der Waals surface area contributed by atoms with Crippen LogP contribution in [0.2, 0.25) is 0 Å². The molecule has 3 aromatic rings. The van der Waals surface area contributed by atoms with Crippen molar-refractivity contribution in [1.29, 1.82) is 0 Å². The number of ether oxygens (including phenoxy) is 1. The fourth-order valence-corrected chi connectivity index (χ4v) is 4.26. The molecule has 0 atom stereocenters. The van der Waals surface area contributed by atoms with Crippen LogP contribution in [0.5, 0.6) is 11.5 Å². The molecule has 0 bridgehead atoms. The van der Waals surface area contributed by atoms with Gasteiger partial charge in [0.15, 0.2) is 5.69 Å². The van der Waals surface area contributed by atoms with Crippen LogP contribution in [-0.4, -0.2) is 13.7 Å². The summed E-state index contributed by atoms with van der Waals surface area (Å²) in [4.78, 5) is 3.57. The van der Waals surface area contributed by atoms with Crippen molar-refractivity contribution in [3.8, 4) is 22.6 Å². The topological polar surface area (TPSA) is 59.8 Å². The van der Waals surface area contributed by atoms with E-state index < -0.39 is 10.0 Å². The van der Waals surface area contributed by atoms with Gasteiger partial charge in [-0.3, -0.25) is 4.72 Å². The molecular weight excluding hydrogens is 372 g/mol.